The molecule has 1 atom stereocenters. The van der Waals surface area contributed by atoms with Crippen LogP contribution in [0.2, 0.25) is 0 Å². The zero-order chi connectivity index (χ0) is 18.4. The van der Waals surface area contributed by atoms with Gasteiger partial charge in [0.2, 0.25) is 5.72 Å². The summed E-state index contributed by atoms with van der Waals surface area (Å²) in [6.45, 7) is 5.31. The van der Waals surface area contributed by atoms with Gasteiger partial charge in [-0.1, -0.05) is 24.1 Å². The molecule has 0 fully saturated rings. The smallest absolute Gasteiger partial charge is 0.212 e. The van der Waals surface area contributed by atoms with E-state index < -0.39 is 5.72 Å². The number of benzene rings is 2. The Kier molecular flexibility index (Phi) is 3.82. The van der Waals surface area contributed by atoms with Gasteiger partial charge in [0, 0.05) is 30.0 Å². The van der Waals surface area contributed by atoms with Gasteiger partial charge in [-0.3, -0.25) is 0 Å². The van der Waals surface area contributed by atoms with Crippen LogP contribution >= 0.6 is 0 Å². The van der Waals surface area contributed by atoms with E-state index in [2.05, 4.69) is 61.1 Å². The quantitative estimate of drug-likeness (QED) is 0.855. The highest BCUT2D eigenvalue weighted by Gasteiger charge is 2.58. The van der Waals surface area contributed by atoms with Crippen molar-refractivity contribution in [1.82, 2.24) is 0 Å². The number of aliphatic hydroxyl groups excluding tert-OH is 1. The normalized spacial score (nSPS) is 21.8. The maximum atomic E-state index is 9.40. The molecule has 2 aliphatic heterocycles. The minimum Gasteiger partial charge on any atom is -0.463 e. The molecule has 0 bridgehead atoms. The molecule has 26 heavy (non-hydrogen) atoms. The molecule has 2 aromatic carbocycles. The van der Waals surface area contributed by atoms with Crippen molar-refractivity contribution in [3.63, 3.8) is 0 Å². The third-order valence-electron chi connectivity index (χ3n) is 5.64. The van der Waals surface area contributed by atoms with Gasteiger partial charge < -0.3 is 14.7 Å². The predicted octanol–water partition coefficient (Wildman–Crippen LogP) is 3.95. The molecule has 3 nitrogen and oxygen atoms in total. The number of hydrogen-bond acceptors (Lipinski definition) is 3. The van der Waals surface area contributed by atoms with E-state index in [9.17, 15) is 5.11 Å². The Balaban J connectivity index is 1.85. The van der Waals surface area contributed by atoms with E-state index in [1.807, 2.05) is 18.2 Å². The van der Waals surface area contributed by atoms with E-state index in [-0.39, 0.29) is 12.0 Å². The van der Waals surface area contributed by atoms with E-state index in [0.29, 0.717) is 6.42 Å². The molecule has 0 saturated heterocycles. The lowest BCUT2D eigenvalue weighted by atomic mass is 9.76. The second-order valence-electron chi connectivity index (χ2n) is 7.40. The number of hydrogen-bond donors (Lipinski definition) is 1. The summed E-state index contributed by atoms with van der Waals surface area (Å²) in [5.41, 5.74) is 3.39. The van der Waals surface area contributed by atoms with Gasteiger partial charge in [0.25, 0.3) is 0 Å². The lowest BCUT2D eigenvalue weighted by Crippen LogP contribution is -2.59. The summed E-state index contributed by atoms with van der Waals surface area (Å²) in [6, 6.07) is 14.3. The summed E-state index contributed by atoms with van der Waals surface area (Å²) in [4.78, 5) is 2.28. The number of aliphatic hydroxyl groups is 1. The molecule has 1 unspecified atom stereocenters. The second kappa shape index (κ2) is 5.93. The number of fused-ring (bicyclic) bond motifs is 2. The van der Waals surface area contributed by atoms with Gasteiger partial charge in [-0.25, -0.2) is 0 Å². The molecule has 2 aromatic rings. The summed E-state index contributed by atoms with van der Waals surface area (Å²) in [7, 11) is 0. The largest absolute Gasteiger partial charge is 0.463 e. The Labute approximate surface area is 154 Å². The van der Waals surface area contributed by atoms with Crippen LogP contribution in [0.3, 0.4) is 0 Å². The van der Waals surface area contributed by atoms with Crippen molar-refractivity contribution < 1.29 is 9.84 Å². The number of terminal acetylenes is 1. The van der Waals surface area contributed by atoms with E-state index in [1.165, 1.54) is 11.3 Å². The van der Waals surface area contributed by atoms with Crippen LogP contribution in [0.5, 0.6) is 5.75 Å². The average Bonchev–Trinajstić information content (AvgIpc) is 2.84. The van der Waals surface area contributed by atoms with Crippen molar-refractivity contribution in [2.75, 3.05) is 18.1 Å². The van der Waals surface area contributed by atoms with Crippen molar-refractivity contribution >= 4 is 11.8 Å². The molecule has 0 radical (unpaired) electrons. The molecule has 1 spiro atoms. The summed E-state index contributed by atoms with van der Waals surface area (Å²) in [5.74, 6) is 3.51. The van der Waals surface area contributed by atoms with Crippen LogP contribution in [0.15, 0.2) is 48.5 Å². The Morgan fingerprint density at radius 2 is 2.00 bits per heavy atom. The van der Waals surface area contributed by atoms with Gasteiger partial charge >= 0.3 is 0 Å². The lowest BCUT2D eigenvalue weighted by Gasteiger charge is -2.47. The van der Waals surface area contributed by atoms with Gasteiger partial charge in [0.15, 0.2) is 0 Å². The van der Waals surface area contributed by atoms with Gasteiger partial charge in [-0.15, -0.1) is 6.42 Å². The standard InChI is InChI=1S/C23H23NO2/c1-4-17-10-11-21-18(16-17)12-13-23(26-21)22(2,3)19-8-5-6-9-20(19)24(23)14-7-15-25/h1,5-6,8-13,16,25H,7,14-15H2,2-3H3. The fraction of sp³-hybridized carbons (Fsp3) is 0.304. The first-order valence-electron chi connectivity index (χ1n) is 9.00. The van der Waals surface area contributed by atoms with Crippen LogP contribution in [0, 0.1) is 12.3 Å². The molecule has 0 amide bonds. The molecule has 3 heteroatoms. The van der Waals surface area contributed by atoms with E-state index in [4.69, 9.17) is 11.2 Å². The molecular formula is C23H23NO2. The highest BCUT2D eigenvalue weighted by Crippen LogP contribution is 2.54. The third kappa shape index (κ3) is 2.19. The van der Waals surface area contributed by atoms with Crippen LogP contribution in [-0.4, -0.2) is 24.0 Å². The maximum absolute atomic E-state index is 9.40. The van der Waals surface area contributed by atoms with Gasteiger partial charge in [0.1, 0.15) is 5.75 Å². The monoisotopic (exact) mass is 345 g/mol. The van der Waals surface area contributed by atoms with Crippen LogP contribution in [0.4, 0.5) is 5.69 Å². The molecule has 1 N–H and O–H groups in total. The molecule has 132 valence electrons. The van der Waals surface area contributed by atoms with Crippen molar-refractivity contribution in [3.05, 3.63) is 65.2 Å². The number of ether oxygens (including phenoxy) is 1. The van der Waals surface area contributed by atoms with E-state index in [1.54, 1.807) is 0 Å². The first-order chi connectivity index (χ1) is 12.5. The fourth-order valence-corrected chi connectivity index (χ4v) is 4.21. The zero-order valence-corrected chi connectivity index (χ0v) is 15.2. The highest BCUT2D eigenvalue weighted by atomic mass is 16.5. The molecule has 4 rings (SSSR count). The van der Waals surface area contributed by atoms with Crippen LogP contribution in [-0.2, 0) is 5.41 Å². The van der Waals surface area contributed by atoms with Crippen molar-refractivity contribution in [2.24, 2.45) is 0 Å². The molecule has 0 saturated carbocycles. The average molecular weight is 345 g/mol. The topological polar surface area (TPSA) is 32.7 Å². The van der Waals surface area contributed by atoms with Crippen LogP contribution < -0.4 is 9.64 Å². The summed E-state index contributed by atoms with van der Waals surface area (Å²) < 4.78 is 6.68. The number of nitrogens with zero attached hydrogens (tertiary/aromatic N) is 1. The minimum absolute atomic E-state index is 0.154. The van der Waals surface area contributed by atoms with Crippen LogP contribution in [0.1, 0.15) is 37.0 Å². The molecule has 2 aliphatic rings. The van der Waals surface area contributed by atoms with Gasteiger partial charge in [-0.2, -0.15) is 0 Å². The SMILES string of the molecule is C#Cc1ccc2c(c1)C=CC1(O2)N(CCCO)c2ccccc2C1(C)C. The Morgan fingerprint density at radius 3 is 2.77 bits per heavy atom. The molecule has 0 aliphatic carbocycles. The zero-order valence-electron chi connectivity index (χ0n) is 15.2. The fourth-order valence-electron chi connectivity index (χ4n) is 4.21. The molecular weight excluding hydrogens is 322 g/mol. The first-order valence-corrected chi connectivity index (χ1v) is 9.00. The van der Waals surface area contributed by atoms with Crippen molar-refractivity contribution in [1.29, 1.82) is 0 Å². The van der Waals surface area contributed by atoms with Crippen molar-refractivity contribution in [3.8, 4) is 18.1 Å². The summed E-state index contributed by atoms with van der Waals surface area (Å²) in [6.07, 6.45) is 10.5. The summed E-state index contributed by atoms with van der Waals surface area (Å²) >= 11 is 0. The van der Waals surface area contributed by atoms with Gasteiger partial charge in [-0.05, 0) is 62.2 Å². The first kappa shape index (κ1) is 16.8. The van der Waals surface area contributed by atoms with Crippen LogP contribution in [0.25, 0.3) is 6.08 Å². The second-order valence-corrected chi connectivity index (χ2v) is 7.40. The number of rotatable bonds is 3. The molecule has 0 aromatic heterocycles. The Morgan fingerprint density at radius 1 is 1.19 bits per heavy atom. The van der Waals surface area contributed by atoms with Gasteiger partial charge in [0.05, 0.1) is 5.41 Å². The third-order valence-corrected chi connectivity index (χ3v) is 5.64. The Bertz CT molecular complexity index is 922. The highest BCUT2D eigenvalue weighted by molar-refractivity contribution is 5.72. The Hall–Kier alpha value is -2.70. The predicted molar refractivity (Wildman–Crippen MR) is 105 cm³/mol. The summed E-state index contributed by atoms with van der Waals surface area (Å²) in [5, 5.41) is 9.40. The maximum Gasteiger partial charge on any atom is 0.212 e. The minimum atomic E-state index is -0.628. The molecule has 2 heterocycles. The van der Waals surface area contributed by atoms with E-state index in [0.717, 1.165) is 23.4 Å². The number of para-hydroxylation sites is 1. The lowest BCUT2D eigenvalue weighted by molar-refractivity contribution is 0.0524. The number of anilines is 1. The van der Waals surface area contributed by atoms with Crippen molar-refractivity contribution in [2.45, 2.75) is 31.4 Å². The van der Waals surface area contributed by atoms with E-state index >= 15 is 0 Å².